The summed E-state index contributed by atoms with van der Waals surface area (Å²) in [5, 5.41) is 35.9. The van der Waals surface area contributed by atoms with Crippen LogP contribution in [0.5, 0.6) is 0 Å². The number of nitrogens with one attached hydrogen (secondary N) is 2. The van der Waals surface area contributed by atoms with Crippen molar-refractivity contribution in [2.24, 2.45) is 4.99 Å². The van der Waals surface area contributed by atoms with Crippen LogP contribution in [0.15, 0.2) is 11.3 Å². The highest BCUT2D eigenvalue weighted by Crippen LogP contribution is 2.34. The van der Waals surface area contributed by atoms with Crippen molar-refractivity contribution in [2.75, 3.05) is 23.9 Å². The molecule has 0 amide bonds. The highest BCUT2D eigenvalue weighted by atomic mass is 32.2. The van der Waals surface area contributed by atoms with Crippen LogP contribution in [0.2, 0.25) is 0 Å². The number of aliphatic imine (C=N–C) groups is 1. The summed E-state index contributed by atoms with van der Waals surface area (Å²) >= 11 is 1.14. The van der Waals surface area contributed by atoms with E-state index in [1.807, 2.05) is 0 Å². The van der Waals surface area contributed by atoms with Crippen molar-refractivity contribution in [1.82, 2.24) is 9.97 Å². The van der Waals surface area contributed by atoms with Gasteiger partial charge in [-0.1, -0.05) is 0 Å². The Morgan fingerprint density at radius 3 is 2.78 bits per heavy atom. The molecule has 124 valence electrons. The number of thioether (sulfide) groups is 1. The number of hydrogen-bond acceptors (Lipinski definition) is 9. The van der Waals surface area contributed by atoms with Gasteiger partial charge in [-0.05, 0) is 0 Å². The highest BCUT2D eigenvalue weighted by molar-refractivity contribution is 7.99. The molecule has 3 atom stereocenters. The van der Waals surface area contributed by atoms with Gasteiger partial charge in [0.15, 0.2) is 5.82 Å². The zero-order valence-corrected chi connectivity index (χ0v) is 12.9. The first-order chi connectivity index (χ1) is 11.0. The maximum Gasteiger partial charge on any atom is 0.153 e. The van der Waals surface area contributed by atoms with Crippen molar-refractivity contribution in [1.29, 1.82) is 10.8 Å². The molecule has 23 heavy (non-hydrogen) atoms. The van der Waals surface area contributed by atoms with E-state index in [2.05, 4.69) is 15.0 Å². The number of anilines is 1. The van der Waals surface area contributed by atoms with Gasteiger partial charge in [-0.3, -0.25) is 9.38 Å². The second kappa shape index (κ2) is 7.57. The number of hydrogen-bond donors (Lipinski definition) is 5. The number of aliphatic hydroxyl groups is 2. The fourth-order valence-corrected chi connectivity index (χ4v) is 2.72. The molecule has 0 spiro atoms. The van der Waals surface area contributed by atoms with Crippen LogP contribution < -0.4 is 5.73 Å². The van der Waals surface area contributed by atoms with E-state index < -0.39 is 24.8 Å². The molecule has 1 aliphatic rings. The summed E-state index contributed by atoms with van der Waals surface area (Å²) in [6.45, 7) is -0.525. The zero-order chi connectivity index (χ0) is 17.0. The van der Waals surface area contributed by atoms with Crippen LogP contribution >= 0.6 is 11.8 Å². The van der Waals surface area contributed by atoms with Crippen LogP contribution in [0.1, 0.15) is 11.6 Å². The number of halogens is 1. The maximum atomic E-state index is 12.0. The van der Waals surface area contributed by atoms with Crippen LogP contribution in [0, 0.1) is 10.8 Å². The highest BCUT2D eigenvalue weighted by Gasteiger charge is 2.34. The van der Waals surface area contributed by atoms with Gasteiger partial charge in [0.1, 0.15) is 24.2 Å². The van der Waals surface area contributed by atoms with Crippen LogP contribution in [0.4, 0.5) is 15.9 Å². The van der Waals surface area contributed by atoms with Gasteiger partial charge in [0, 0.05) is 17.7 Å². The summed E-state index contributed by atoms with van der Waals surface area (Å²) in [6, 6.07) is 0. The van der Waals surface area contributed by atoms with Gasteiger partial charge < -0.3 is 26.8 Å². The van der Waals surface area contributed by atoms with E-state index in [1.165, 1.54) is 12.5 Å². The molecular weight excluding hydrogens is 323 g/mol. The van der Waals surface area contributed by atoms with Crippen molar-refractivity contribution in [2.45, 2.75) is 18.1 Å². The minimum absolute atomic E-state index is 0.0832. The Bertz CT molecular complexity index is 641. The first-order valence-electron chi connectivity index (χ1n) is 6.77. The largest absolute Gasteiger partial charge is 0.384 e. The SMILES string of the molecule is N=C(C1C=Nc2c(N)ncnc21)[C@@H](O)[C@@H](O)C(=N)CSCCF. The molecule has 0 radical (unpaired) electrons. The van der Waals surface area contributed by atoms with Crippen LogP contribution in [0.3, 0.4) is 0 Å². The summed E-state index contributed by atoms with van der Waals surface area (Å²) in [5.74, 6) is -0.264. The van der Waals surface area contributed by atoms with E-state index in [0.29, 0.717) is 11.4 Å². The quantitative estimate of drug-likeness (QED) is 0.339. The van der Waals surface area contributed by atoms with Crippen LogP contribution in [-0.4, -0.2) is 68.2 Å². The third-order valence-electron chi connectivity index (χ3n) is 3.32. The van der Waals surface area contributed by atoms with Crippen LogP contribution in [0.25, 0.3) is 0 Å². The van der Waals surface area contributed by atoms with Gasteiger partial charge in [0.25, 0.3) is 0 Å². The molecule has 2 heterocycles. The topological polar surface area (TPSA) is 152 Å². The summed E-state index contributed by atoms with van der Waals surface area (Å²) in [4.78, 5) is 11.9. The maximum absolute atomic E-state index is 12.0. The molecule has 8 nitrogen and oxygen atoms in total. The average molecular weight is 340 g/mol. The van der Waals surface area contributed by atoms with Gasteiger partial charge in [-0.15, -0.1) is 0 Å². The van der Waals surface area contributed by atoms with Crippen molar-refractivity contribution < 1.29 is 14.6 Å². The number of rotatable bonds is 8. The Labute approximate surface area is 136 Å². The van der Waals surface area contributed by atoms with E-state index in [4.69, 9.17) is 16.6 Å². The van der Waals surface area contributed by atoms with Crippen molar-refractivity contribution in [3.8, 4) is 0 Å². The van der Waals surface area contributed by atoms with Crippen molar-refractivity contribution in [3.05, 3.63) is 12.0 Å². The lowest BCUT2D eigenvalue weighted by atomic mass is 9.93. The number of nitrogen functional groups attached to an aromatic ring is 1. The van der Waals surface area contributed by atoms with E-state index in [1.54, 1.807) is 0 Å². The molecule has 6 N–H and O–H groups in total. The summed E-state index contributed by atoms with van der Waals surface area (Å²) in [5.41, 5.74) is 5.99. The van der Waals surface area contributed by atoms with E-state index in [0.717, 1.165) is 11.8 Å². The third-order valence-corrected chi connectivity index (χ3v) is 4.27. The molecule has 1 unspecified atom stereocenters. The normalized spacial score (nSPS) is 18.5. The standard InChI is InChI=1S/C13H17FN6O2S/c14-1-2-23-4-7(15)11(21)12(22)8(16)6-3-18-10-9(6)19-5-20-13(10)17/h3,5-6,11-12,15-16,21-22H,1-2,4H2,(H2,17,19,20)/t6?,11-,12+/m0/s1. The average Bonchev–Trinajstić information content (AvgIpc) is 2.98. The van der Waals surface area contributed by atoms with Crippen molar-refractivity contribution in [3.63, 3.8) is 0 Å². The first kappa shape index (κ1) is 17.4. The molecule has 0 saturated heterocycles. The van der Waals surface area contributed by atoms with Gasteiger partial charge >= 0.3 is 0 Å². The number of aliphatic hydroxyl groups excluding tert-OH is 2. The van der Waals surface area contributed by atoms with E-state index in [9.17, 15) is 14.6 Å². The number of nitrogens with zero attached hydrogens (tertiary/aromatic N) is 3. The predicted octanol–water partition coefficient (Wildman–Crippen LogP) is 0.322. The van der Waals surface area contributed by atoms with Crippen LogP contribution in [-0.2, 0) is 0 Å². The molecule has 0 aromatic carbocycles. The molecule has 1 aromatic heterocycles. The van der Waals surface area contributed by atoms with Gasteiger partial charge in [-0.2, -0.15) is 11.8 Å². The van der Waals surface area contributed by atoms with E-state index >= 15 is 0 Å². The number of alkyl halides is 1. The predicted molar refractivity (Wildman–Crippen MR) is 88.1 cm³/mol. The Morgan fingerprint density at radius 1 is 1.35 bits per heavy atom. The third kappa shape index (κ3) is 3.71. The Kier molecular flexibility index (Phi) is 5.74. The molecule has 0 fully saturated rings. The lowest BCUT2D eigenvalue weighted by molar-refractivity contribution is 0.103. The lowest BCUT2D eigenvalue weighted by Gasteiger charge is -2.22. The van der Waals surface area contributed by atoms with E-state index in [-0.39, 0.29) is 28.7 Å². The molecule has 0 bridgehead atoms. The first-order valence-corrected chi connectivity index (χ1v) is 7.92. The zero-order valence-electron chi connectivity index (χ0n) is 12.1. The number of nitrogens with two attached hydrogens (primary N) is 1. The monoisotopic (exact) mass is 340 g/mol. The minimum atomic E-state index is -1.58. The van der Waals surface area contributed by atoms with Gasteiger partial charge in [-0.25, -0.2) is 9.97 Å². The Hall–Kier alpha value is -1.91. The lowest BCUT2D eigenvalue weighted by Crippen LogP contribution is -2.42. The fourth-order valence-electron chi connectivity index (χ4n) is 2.08. The minimum Gasteiger partial charge on any atom is -0.384 e. The Morgan fingerprint density at radius 2 is 2.09 bits per heavy atom. The van der Waals surface area contributed by atoms with Gasteiger partial charge in [0.2, 0.25) is 0 Å². The van der Waals surface area contributed by atoms with Gasteiger partial charge in [0.05, 0.1) is 29.7 Å². The molecule has 2 rings (SSSR count). The Balaban J connectivity index is 2.05. The smallest absolute Gasteiger partial charge is 0.153 e. The molecule has 1 aliphatic heterocycles. The number of aromatic nitrogens is 2. The number of fused-ring (bicyclic) bond motifs is 1. The summed E-state index contributed by atoms with van der Waals surface area (Å²) in [6.07, 6.45) is -0.477. The summed E-state index contributed by atoms with van der Waals surface area (Å²) < 4.78 is 12.0. The second-order valence-corrected chi connectivity index (χ2v) is 5.97. The van der Waals surface area contributed by atoms with Crippen molar-refractivity contribution >= 4 is 40.9 Å². The molecule has 0 saturated carbocycles. The molecule has 0 aliphatic carbocycles. The molecule has 1 aromatic rings. The fraction of sp³-hybridized carbons (Fsp3) is 0.462. The second-order valence-electron chi connectivity index (χ2n) is 4.86. The molecule has 10 heteroatoms. The summed E-state index contributed by atoms with van der Waals surface area (Å²) in [7, 11) is 0. The molecular formula is C13H17FN6O2S.